The van der Waals surface area contributed by atoms with Gasteiger partial charge in [-0.3, -0.25) is 4.79 Å². The molecule has 98 valence electrons. The fraction of sp³-hybridized carbons (Fsp3) is 0.538. The molecule has 1 amide bonds. The number of hydrogen-bond acceptors (Lipinski definition) is 4. The van der Waals surface area contributed by atoms with Crippen LogP contribution in [0.2, 0.25) is 0 Å². The fourth-order valence-corrected chi connectivity index (χ4v) is 2.28. The number of anilines is 1. The predicted molar refractivity (Wildman–Crippen MR) is 68.9 cm³/mol. The molecule has 1 heterocycles. The molecule has 1 aromatic rings. The van der Waals surface area contributed by atoms with Gasteiger partial charge in [-0.05, 0) is 43.7 Å². The molecule has 5 heteroatoms. The number of nitrogens with one attached hydrogen (secondary N) is 1. The number of nitrogen functional groups attached to an aromatic ring is 1. The van der Waals surface area contributed by atoms with Crippen molar-refractivity contribution in [3.63, 3.8) is 0 Å². The molecular weight excluding hydrogens is 230 g/mol. The third-order valence-corrected chi connectivity index (χ3v) is 3.42. The number of hydrogen-bond donors (Lipinski definition) is 3. The van der Waals surface area contributed by atoms with Gasteiger partial charge in [-0.15, -0.1) is 0 Å². The molecule has 0 spiro atoms. The fourth-order valence-electron chi connectivity index (χ4n) is 2.28. The van der Waals surface area contributed by atoms with Gasteiger partial charge in [0.15, 0.2) is 5.69 Å². The summed E-state index contributed by atoms with van der Waals surface area (Å²) >= 11 is 0. The van der Waals surface area contributed by atoms with Gasteiger partial charge in [0.1, 0.15) is 0 Å². The molecule has 1 aliphatic carbocycles. The summed E-state index contributed by atoms with van der Waals surface area (Å²) in [4.78, 5) is 15.8. The lowest BCUT2D eigenvalue weighted by Gasteiger charge is -2.25. The van der Waals surface area contributed by atoms with Crippen LogP contribution in [0.15, 0.2) is 18.3 Å². The van der Waals surface area contributed by atoms with Crippen molar-refractivity contribution in [3.8, 4) is 0 Å². The van der Waals surface area contributed by atoms with Crippen LogP contribution in [-0.2, 0) is 0 Å². The van der Waals surface area contributed by atoms with Crippen molar-refractivity contribution in [1.82, 2.24) is 10.3 Å². The average molecular weight is 249 g/mol. The average Bonchev–Trinajstić information content (AvgIpc) is 2.38. The van der Waals surface area contributed by atoms with Crippen LogP contribution in [0, 0.1) is 5.92 Å². The third kappa shape index (κ3) is 3.20. The minimum atomic E-state index is -0.223. The van der Waals surface area contributed by atoms with Crippen LogP contribution < -0.4 is 11.1 Å². The van der Waals surface area contributed by atoms with Crippen LogP contribution in [0.5, 0.6) is 0 Å². The molecule has 0 aliphatic heterocycles. The first-order valence-electron chi connectivity index (χ1n) is 6.33. The van der Waals surface area contributed by atoms with Gasteiger partial charge in [-0.1, -0.05) is 0 Å². The van der Waals surface area contributed by atoms with Crippen molar-refractivity contribution in [2.45, 2.75) is 31.8 Å². The molecule has 0 aromatic carbocycles. The largest absolute Gasteiger partial charge is 0.397 e. The second-order valence-corrected chi connectivity index (χ2v) is 4.83. The van der Waals surface area contributed by atoms with Gasteiger partial charge in [0.2, 0.25) is 0 Å². The van der Waals surface area contributed by atoms with E-state index in [0.717, 1.165) is 25.7 Å². The Bertz CT molecular complexity index is 414. The molecule has 1 fully saturated rings. The normalized spacial score (nSPS) is 23.6. The van der Waals surface area contributed by atoms with Crippen LogP contribution >= 0.6 is 0 Å². The molecule has 0 radical (unpaired) electrons. The molecule has 5 nitrogen and oxygen atoms in total. The summed E-state index contributed by atoms with van der Waals surface area (Å²) in [6.45, 7) is 0.627. The van der Waals surface area contributed by atoms with Gasteiger partial charge in [0.05, 0.1) is 11.8 Å². The van der Waals surface area contributed by atoms with E-state index >= 15 is 0 Å². The molecule has 0 unspecified atom stereocenters. The van der Waals surface area contributed by atoms with E-state index in [1.807, 2.05) is 0 Å². The molecule has 1 aromatic heterocycles. The van der Waals surface area contributed by atoms with Crippen molar-refractivity contribution in [2.75, 3.05) is 12.3 Å². The molecular formula is C13H19N3O2. The SMILES string of the molecule is Nc1cccnc1C(=O)NCC1CCC(O)CC1. The number of carbonyl (C=O) groups is 1. The Kier molecular flexibility index (Phi) is 4.15. The number of rotatable bonds is 3. The van der Waals surface area contributed by atoms with Gasteiger partial charge in [0.25, 0.3) is 5.91 Å². The van der Waals surface area contributed by atoms with E-state index in [-0.39, 0.29) is 17.7 Å². The number of pyridine rings is 1. The van der Waals surface area contributed by atoms with E-state index < -0.39 is 0 Å². The van der Waals surface area contributed by atoms with Crippen molar-refractivity contribution >= 4 is 11.6 Å². The second kappa shape index (κ2) is 5.82. The number of aromatic nitrogens is 1. The lowest BCUT2D eigenvalue weighted by Crippen LogP contribution is -2.32. The Labute approximate surface area is 106 Å². The highest BCUT2D eigenvalue weighted by Crippen LogP contribution is 2.23. The molecule has 4 N–H and O–H groups in total. The Morgan fingerprint density at radius 1 is 1.44 bits per heavy atom. The summed E-state index contributed by atoms with van der Waals surface area (Å²) in [5.74, 6) is 0.224. The van der Waals surface area contributed by atoms with Crippen LogP contribution in [0.25, 0.3) is 0 Å². The summed E-state index contributed by atoms with van der Waals surface area (Å²) in [6.07, 6.45) is 4.96. The van der Waals surface area contributed by atoms with Gasteiger partial charge < -0.3 is 16.2 Å². The van der Waals surface area contributed by atoms with Crippen LogP contribution in [0.3, 0.4) is 0 Å². The second-order valence-electron chi connectivity index (χ2n) is 4.83. The number of nitrogens with zero attached hydrogens (tertiary/aromatic N) is 1. The zero-order chi connectivity index (χ0) is 13.0. The minimum Gasteiger partial charge on any atom is -0.397 e. The predicted octanol–water partition coefficient (Wildman–Crippen LogP) is 0.945. The first-order chi connectivity index (χ1) is 8.66. The molecule has 0 bridgehead atoms. The van der Waals surface area contributed by atoms with E-state index in [1.54, 1.807) is 18.3 Å². The van der Waals surface area contributed by atoms with Crippen molar-refractivity contribution in [1.29, 1.82) is 0 Å². The summed E-state index contributed by atoms with van der Waals surface area (Å²) in [7, 11) is 0. The number of carbonyl (C=O) groups excluding carboxylic acids is 1. The van der Waals surface area contributed by atoms with Crippen molar-refractivity contribution in [3.05, 3.63) is 24.0 Å². The highest BCUT2D eigenvalue weighted by Gasteiger charge is 2.20. The van der Waals surface area contributed by atoms with E-state index in [1.165, 1.54) is 0 Å². The van der Waals surface area contributed by atoms with E-state index in [0.29, 0.717) is 18.2 Å². The zero-order valence-corrected chi connectivity index (χ0v) is 10.3. The Hall–Kier alpha value is -1.62. The highest BCUT2D eigenvalue weighted by atomic mass is 16.3. The van der Waals surface area contributed by atoms with Crippen molar-refractivity contribution < 1.29 is 9.90 Å². The number of aliphatic hydroxyl groups is 1. The third-order valence-electron chi connectivity index (χ3n) is 3.42. The van der Waals surface area contributed by atoms with E-state index in [9.17, 15) is 9.90 Å². The van der Waals surface area contributed by atoms with Gasteiger partial charge in [-0.2, -0.15) is 0 Å². The zero-order valence-electron chi connectivity index (χ0n) is 10.3. The Balaban J connectivity index is 1.84. The number of aliphatic hydroxyl groups excluding tert-OH is 1. The summed E-state index contributed by atoms with van der Waals surface area (Å²) in [5.41, 5.74) is 6.37. The van der Waals surface area contributed by atoms with Gasteiger partial charge in [-0.25, -0.2) is 4.98 Å². The first-order valence-corrected chi connectivity index (χ1v) is 6.33. The monoisotopic (exact) mass is 249 g/mol. The maximum atomic E-state index is 11.9. The first kappa shape index (κ1) is 12.8. The highest BCUT2D eigenvalue weighted by molar-refractivity contribution is 5.96. The maximum Gasteiger partial charge on any atom is 0.272 e. The molecule has 2 rings (SSSR count). The molecule has 0 atom stereocenters. The quantitative estimate of drug-likeness (QED) is 0.744. The molecule has 18 heavy (non-hydrogen) atoms. The van der Waals surface area contributed by atoms with E-state index in [4.69, 9.17) is 5.73 Å². The lowest BCUT2D eigenvalue weighted by molar-refractivity contribution is 0.0907. The van der Waals surface area contributed by atoms with E-state index in [2.05, 4.69) is 10.3 Å². The lowest BCUT2D eigenvalue weighted by atomic mass is 9.87. The topological polar surface area (TPSA) is 88.2 Å². The molecule has 1 aliphatic rings. The minimum absolute atomic E-state index is 0.164. The number of nitrogens with two attached hydrogens (primary N) is 1. The summed E-state index contributed by atoms with van der Waals surface area (Å²) in [6, 6.07) is 3.37. The Morgan fingerprint density at radius 3 is 2.83 bits per heavy atom. The summed E-state index contributed by atoms with van der Waals surface area (Å²) < 4.78 is 0. The van der Waals surface area contributed by atoms with Crippen LogP contribution in [-0.4, -0.2) is 28.6 Å². The van der Waals surface area contributed by atoms with Crippen molar-refractivity contribution in [2.24, 2.45) is 5.92 Å². The van der Waals surface area contributed by atoms with Gasteiger partial charge >= 0.3 is 0 Å². The van der Waals surface area contributed by atoms with Crippen LogP contribution in [0.1, 0.15) is 36.2 Å². The maximum absolute atomic E-state index is 11.9. The Morgan fingerprint density at radius 2 is 2.17 bits per heavy atom. The summed E-state index contributed by atoms with van der Waals surface area (Å²) in [5, 5.41) is 12.3. The van der Waals surface area contributed by atoms with Gasteiger partial charge in [0, 0.05) is 12.7 Å². The standard InChI is InChI=1S/C13H19N3O2/c14-11-2-1-7-15-12(11)13(18)16-8-9-3-5-10(17)6-4-9/h1-2,7,9-10,17H,3-6,8,14H2,(H,16,18). The molecule has 0 saturated heterocycles. The molecule has 1 saturated carbocycles. The number of amides is 1. The smallest absolute Gasteiger partial charge is 0.272 e. The van der Waals surface area contributed by atoms with Crippen LogP contribution in [0.4, 0.5) is 5.69 Å².